The van der Waals surface area contributed by atoms with E-state index in [0.29, 0.717) is 0 Å². The highest BCUT2D eigenvalue weighted by Gasteiger charge is 2.39. The van der Waals surface area contributed by atoms with Crippen LogP contribution in [-0.2, 0) is 29.4 Å². The summed E-state index contributed by atoms with van der Waals surface area (Å²) in [4.78, 5) is 54.4. The van der Waals surface area contributed by atoms with Gasteiger partial charge in [-0.1, -0.05) is 140 Å². The molecule has 1 aliphatic carbocycles. The lowest BCUT2D eigenvalue weighted by Crippen LogP contribution is -2.57. The molecule has 0 bridgehead atoms. The van der Waals surface area contributed by atoms with Crippen molar-refractivity contribution in [2.24, 2.45) is 5.73 Å². The molecule has 0 aromatic heterocycles. The summed E-state index contributed by atoms with van der Waals surface area (Å²) in [6.45, 7) is 5.18. The molecule has 0 spiro atoms. The average Bonchev–Trinajstić information content (AvgIpc) is 3.51. The topological polar surface area (TPSA) is 149 Å². The Balaban J connectivity index is 1.28. The highest BCUT2D eigenvalue weighted by Crippen LogP contribution is 2.44. The summed E-state index contributed by atoms with van der Waals surface area (Å²) < 4.78 is 11.5. The zero-order valence-electron chi connectivity index (χ0n) is 31.2. The molecule has 0 unspecified atom stereocenters. The van der Waals surface area contributed by atoms with E-state index in [1.807, 2.05) is 140 Å². The number of fused-ring (bicyclic) bond motifs is 3. The second-order valence-corrected chi connectivity index (χ2v) is 14.5. The van der Waals surface area contributed by atoms with Crippen molar-refractivity contribution in [3.8, 4) is 11.1 Å². The minimum atomic E-state index is -1.47. The van der Waals surface area contributed by atoms with Crippen LogP contribution in [0.15, 0.2) is 140 Å². The fraction of sp³-hybridized carbons (Fsp3) is 0.244. The fourth-order valence-electron chi connectivity index (χ4n) is 7.02. The summed E-state index contributed by atoms with van der Waals surface area (Å²) in [6.07, 6.45) is -1.41. The molecule has 2 atom stereocenters. The van der Waals surface area contributed by atoms with E-state index in [1.165, 1.54) is 0 Å². The van der Waals surface area contributed by atoms with Crippen LogP contribution in [0.25, 0.3) is 11.1 Å². The Hall–Kier alpha value is -6.26. The molecule has 55 heavy (non-hydrogen) atoms. The molecule has 6 rings (SSSR count). The van der Waals surface area contributed by atoms with Gasteiger partial charge in [0.25, 0.3) is 0 Å². The van der Waals surface area contributed by atoms with Crippen molar-refractivity contribution in [3.63, 3.8) is 0 Å². The van der Waals surface area contributed by atoms with Crippen molar-refractivity contribution < 1.29 is 28.7 Å². The molecule has 0 heterocycles. The lowest BCUT2D eigenvalue weighted by molar-refractivity contribution is -0.133. The molecule has 0 saturated carbocycles. The van der Waals surface area contributed by atoms with Gasteiger partial charge < -0.3 is 31.2 Å². The second-order valence-electron chi connectivity index (χ2n) is 14.5. The van der Waals surface area contributed by atoms with E-state index in [0.717, 1.165) is 38.9 Å². The van der Waals surface area contributed by atoms with Gasteiger partial charge >= 0.3 is 6.09 Å². The first-order valence-corrected chi connectivity index (χ1v) is 18.3. The van der Waals surface area contributed by atoms with Crippen LogP contribution in [0.5, 0.6) is 0 Å². The van der Waals surface area contributed by atoms with Crippen molar-refractivity contribution in [2.75, 3.05) is 13.2 Å². The van der Waals surface area contributed by atoms with Crippen molar-refractivity contribution in [1.29, 1.82) is 0 Å². The standard InChI is InChI=1S/C45H46N4O6/c1-44(2,3)55-29-39(41(46)51)47-42(52)38(48-43(53)54-28-37-35-25-15-13-23-33(35)34-24-14-16-26-36(34)37)27-40(50)49-45(30-17-7-4-8-18-30,31-19-9-5-10-20-31)32-21-11-6-12-22-32/h4-26,37-39H,27-29H2,1-3H3,(H2,46,51)(H,47,52)(H,48,53)(H,49,50)/t38-,39-/m0/s1. The van der Waals surface area contributed by atoms with Crippen molar-refractivity contribution >= 4 is 23.8 Å². The number of ether oxygens (including phenoxy) is 2. The number of carbonyl (C=O) groups is 4. The van der Waals surface area contributed by atoms with E-state index in [-0.39, 0.29) is 19.1 Å². The number of nitrogens with two attached hydrogens (primary N) is 1. The van der Waals surface area contributed by atoms with Gasteiger partial charge in [-0.05, 0) is 59.7 Å². The fourth-order valence-corrected chi connectivity index (χ4v) is 7.02. The van der Waals surface area contributed by atoms with Crippen molar-refractivity contribution in [2.45, 2.75) is 56.3 Å². The summed E-state index contributed by atoms with van der Waals surface area (Å²) in [6, 6.07) is 41.7. The lowest BCUT2D eigenvalue weighted by atomic mass is 9.77. The van der Waals surface area contributed by atoms with Gasteiger partial charge in [0.05, 0.1) is 18.6 Å². The first-order valence-electron chi connectivity index (χ1n) is 18.3. The number of alkyl carbamates (subject to hydrolysis) is 1. The summed E-state index contributed by atoms with van der Waals surface area (Å²) >= 11 is 0. The van der Waals surface area contributed by atoms with Gasteiger partial charge in [0.2, 0.25) is 17.7 Å². The van der Waals surface area contributed by atoms with E-state index in [4.69, 9.17) is 15.2 Å². The van der Waals surface area contributed by atoms with Crippen molar-refractivity contribution in [3.05, 3.63) is 167 Å². The van der Waals surface area contributed by atoms with Crippen LogP contribution in [0, 0.1) is 0 Å². The van der Waals surface area contributed by atoms with Gasteiger partial charge in [0, 0.05) is 5.92 Å². The van der Waals surface area contributed by atoms with Crippen LogP contribution < -0.4 is 21.7 Å². The first-order chi connectivity index (χ1) is 26.5. The third-order valence-electron chi connectivity index (χ3n) is 9.63. The van der Waals surface area contributed by atoms with Crippen LogP contribution >= 0.6 is 0 Å². The molecule has 5 N–H and O–H groups in total. The molecule has 4 amide bonds. The quantitative estimate of drug-likeness (QED) is 0.100. The van der Waals surface area contributed by atoms with Crippen LogP contribution in [-0.4, -0.2) is 54.7 Å². The van der Waals surface area contributed by atoms with Gasteiger partial charge in [-0.2, -0.15) is 0 Å². The zero-order chi connectivity index (χ0) is 39.0. The van der Waals surface area contributed by atoms with Crippen LogP contribution in [0.4, 0.5) is 4.79 Å². The van der Waals surface area contributed by atoms with Crippen LogP contribution in [0.2, 0.25) is 0 Å². The van der Waals surface area contributed by atoms with Gasteiger partial charge in [-0.25, -0.2) is 4.79 Å². The largest absolute Gasteiger partial charge is 0.449 e. The normalized spacial score (nSPS) is 13.4. The number of nitrogens with one attached hydrogen (secondary N) is 3. The number of primary amides is 1. The maximum absolute atomic E-state index is 14.4. The van der Waals surface area contributed by atoms with Gasteiger partial charge in [-0.15, -0.1) is 0 Å². The molecule has 0 radical (unpaired) electrons. The Morgan fingerprint density at radius 2 is 1.09 bits per heavy atom. The molecule has 10 nitrogen and oxygen atoms in total. The molecule has 0 saturated heterocycles. The third-order valence-corrected chi connectivity index (χ3v) is 9.63. The van der Waals surface area contributed by atoms with E-state index in [1.54, 1.807) is 20.8 Å². The first kappa shape index (κ1) is 38.5. The highest BCUT2D eigenvalue weighted by molar-refractivity contribution is 5.94. The number of benzene rings is 5. The Morgan fingerprint density at radius 1 is 0.636 bits per heavy atom. The summed E-state index contributed by atoms with van der Waals surface area (Å²) in [5, 5.41) is 8.44. The Kier molecular flexibility index (Phi) is 11.8. The molecule has 5 aromatic carbocycles. The minimum Gasteiger partial charge on any atom is -0.449 e. The third kappa shape index (κ3) is 8.93. The number of rotatable bonds is 14. The molecule has 5 aromatic rings. The predicted octanol–water partition coefficient (Wildman–Crippen LogP) is 6.18. The summed E-state index contributed by atoms with van der Waals surface area (Å²) in [5.41, 5.74) is 10.4. The molecule has 10 heteroatoms. The van der Waals surface area contributed by atoms with Gasteiger partial charge in [-0.3, -0.25) is 14.4 Å². The number of amides is 4. The smallest absolute Gasteiger partial charge is 0.407 e. The molecular formula is C45H46N4O6. The molecular weight excluding hydrogens is 693 g/mol. The average molecular weight is 739 g/mol. The van der Waals surface area contributed by atoms with Gasteiger partial charge in [0.1, 0.15) is 24.2 Å². The monoisotopic (exact) mass is 738 g/mol. The Labute approximate surface area is 321 Å². The lowest BCUT2D eigenvalue weighted by Gasteiger charge is -2.37. The maximum Gasteiger partial charge on any atom is 0.407 e. The van der Waals surface area contributed by atoms with E-state index in [9.17, 15) is 19.2 Å². The molecule has 0 fully saturated rings. The van der Waals surface area contributed by atoms with Crippen LogP contribution in [0.3, 0.4) is 0 Å². The second kappa shape index (κ2) is 16.8. The summed E-state index contributed by atoms with van der Waals surface area (Å²) in [5.74, 6) is -2.43. The SMILES string of the molecule is CC(C)(C)OC[C@H](NC(=O)[C@H](CC(=O)NC(c1ccccc1)(c1ccccc1)c1ccccc1)NC(=O)OCC1c2ccccc2-c2ccccc21)C(N)=O. The highest BCUT2D eigenvalue weighted by atomic mass is 16.5. The maximum atomic E-state index is 14.4. The van der Waals surface area contributed by atoms with E-state index in [2.05, 4.69) is 16.0 Å². The Bertz CT molecular complexity index is 1980. The van der Waals surface area contributed by atoms with Crippen molar-refractivity contribution in [1.82, 2.24) is 16.0 Å². The van der Waals surface area contributed by atoms with Gasteiger partial charge in [0.15, 0.2) is 0 Å². The minimum absolute atomic E-state index is 0.0110. The number of hydrogen-bond acceptors (Lipinski definition) is 6. The molecule has 0 aliphatic heterocycles. The van der Waals surface area contributed by atoms with E-state index >= 15 is 0 Å². The molecule has 282 valence electrons. The Morgan fingerprint density at radius 3 is 1.55 bits per heavy atom. The zero-order valence-corrected chi connectivity index (χ0v) is 31.2. The number of hydrogen-bond donors (Lipinski definition) is 4. The number of carbonyl (C=O) groups excluding carboxylic acids is 4. The molecule has 1 aliphatic rings. The van der Waals surface area contributed by atoms with Crippen LogP contribution in [0.1, 0.15) is 60.9 Å². The summed E-state index contributed by atoms with van der Waals surface area (Å²) in [7, 11) is 0. The van der Waals surface area contributed by atoms with E-state index < -0.39 is 53.5 Å². The predicted molar refractivity (Wildman–Crippen MR) is 211 cm³/mol.